The van der Waals surface area contributed by atoms with Crippen molar-refractivity contribution in [1.29, 1.82) is 0 Å². The quantitative estimate of drug-likeness (QED) is 0.847. The maximum Gasteiger partial charge on any atom is 0.254 e. The van der Waals surface area contributed by atoms with E-state index in [-0.39, 0.29) is 16.8 Å². The smallest absolute Gasteiger partial charge is 0.254 e. The molecule has 1 amide bonds. The van der Waals surface area contributed by atoms with Gasteiger partial charge < -0.3 is 4.90 Å². The van der Waals surface area contributed by atoms with Gasteiger partial charge in [-0.1, -0.05) is 6.07 Å². The van der Waals surface area contributed by atoms with Crippen LogP contribution < -0.4 is 0 Å². The van der Waals surface area contributed by atoms with Crippen molar-refractivity contribution in [1.82, 2.24) is 14.7 Å². The van der Waals surface area contributed by atoms with E-state index in [1.165, 1.54) is 12.3 Å². The van der Waals surface area contributed by atoms with Crippen LogP contribution in [0.2, 0.25) is 0 Å². The number of aryl methyl sites for hydroxylation is 1. The Hall–Kier alpha value is -2.15. The molecule has 1 atom stereocenters. The predicted molar refractivity (Wildman–Crippen MR) is 90.6 cm³/mol. The zero-order valence-corrected chi connectivity index (χ0v) is 14.7. The molecule has 6 nitrogen and oxygen atoms in total. The van der Waals surface area contributed by atoms with Crippen LogP contribution in [-0.4, -0.2) is 47.8 Å². The van der Waals surface area contributed by atoms with Crippen molar-refractivity contribution in [3.8, 4) is 0 Å². The molecule has 0 aliphatic carbocycles. The molecule has 7 heteroatoms. The molecule has 2 heterocycles. The fourth-order valence-corrected chi connectivity index (χ4v) is 4.21. The first kappa shape index (κ1) is 16.7. The Bertz CT molecular complexity index is 844. The number of sulfone groups is 1. The van der Waals surface area contributed by atoms with Gasteiger partial charge in [0.05, 0.1) is 17.5 Å². The minimum Gasteiger partial charge on any atom is -0.334 e. The van der Waals surface area contributed by atoms with Gasteiger partial charge in [0.1, 0.15) is 0 Å². The number of likely N-dealkylation sites (tertiary alicyclic amines) is 1. The van der Waals surface area contributed by atoms with E-state index in [1.807, 2.05) is 21.8 Å². The molecule has 1 aliphatic heterocycles. The zero-order valence-electron chi connectivity index (χ0n) is 13.8. The van der Waals surface area contributed by atoms with Gasteiger partial charge in [-0.3, -0.25) is 9.48 Å². The molecule has 1 aromatic carbocycles. The molecule has 2 aromatic rings. The van der Waals surface area contributed by atoms with E-state index in [4.69, 9.17) is 0 Å². The third kappa shape index (κ3) is 3.36. The maximum absolute atomic E-state index is 12.9. The van der Waals surface area contributed by atoms with Gasteiger partial charge in [0.2, 0.25) is 0 Å². The Morgan fingerprint density at radius 3 is 2.83 bits per heavy atom. The van der Waals surface area contributed by atoms with E-state index in [0.717, 1.165) is 12.8 Å². The lowest BCUT2D eigenvalue weighted by atomic mass is 10.1. The summed E-state index contributed by atoms with van der Waals surface area (Å²) in [6.45, 7) is 3.08. The summed E-state index contributed by atoms with van der Waals surface area (Å²) >= 11 is 0. The van der Waals surface area contributed by atoms with Gasteiger partial charge in [-0.2, -0.15) is 5.10 Å². The highest BCUT2D eigenvalue weighted by atomic mass is 32.2. The molecule has 0 N–H and O–H groups in total. The number of benzene rings is 1. The first-order valence-corrected chi connectivity index (χ1v) is 9.84. The van der Waals surface area contributed by atoms with Crippen molar-refractivity contribution in [2.45, 2.75) is 37.2 Å². The predicted octanol–water partition coefficient (Wildman–Crippen LogP) is 1.90. The number of carbonyl (C=O) groups excluding carboxylic acids is 1. The van der Waals surface area contributed by atoms with Gasteiger partial charge in [-0.15, -0.1) is 0 Å². The minimum absolute atomic E-state index is 0.0837. The zero-order chi connectivity index (χ0) is 17.3. The van der Waals surface area contributed by atoms with Crippen LogP contribution in [0, 0.1) is 6.92 Å². The van der Waals surface area contributed by atoms with E-state index in [0.29, 0.717) is 24.2 Å². The van der Waals surface area contributed by atoms with Gasteiger partial charge in [-0.05, 0) is 43.5 Å². The summed E-state index contributed by atoms with van der Waals surface area (Å²) in [5.74, 6) is -0.116. The molecule has 0 bridgehead atoms. The lowest BCUT2D eigenvalue weighted by Crippen LogP contribution is -2.38. The summed E-state index contributed by atoms with van der Waals surface area (Å²) in [6.07, 6.45) is 6.65. The monoisotopic (exact) mass is 347 g/mol. The van der Waals surface area contributed by atoms with E-state index in [9.17, 15) is 13.2 Å². The van der Waals surface area contributed by atoms with Crippen LogP contribution in [0.25, 0.3) is 0 Å². The third-order valence-corrected chi connectivity index (χ3v) is 5.67. The Labute approximate surface area is 142 Å². The lowest BCUT2D eigenvalue weighted by Gasteiger charge is -2.25. The second-order valence-electron chi connectivity index (χ2n) is 6.28. The number of nitrogens with zero attached hydrogens (tertiary/aromatic N) is 3. The standard InChI is InChI=1S/C17H21N3O3S/c1-13-6-7-14(11-16(13)24(2,22)23)17(21)20-10-3-5-15(20)12-19-9-4-8-18-19/h4,6-9,11,15H,3,5,10,12H2,1-2H3. The summed E-state index contributed by atoms with van der Waals surface area (Å²) in [7, 11) is -3.35. The first-order chi connectivity index (χ1) is 11.4. The van der Waals surface area contributed by atoms with Gasteiger partial charge in [0.15, 0.2) is 9.84 Å². The van der Waals surface area contributed by atoms with Crippen LogP contribution in [0.3, 0.4) is 0 Å². The lowest BCUT2D eigenvalue weighted by molar-refractivity contribution is 0.0721. The van der Waals surface area contributed by atoms with Crippen molar-refractivity contribution in [2.75, 3.05) is 12.8 Å². The Morgan fingerprint density at radius 2 is 2.17 bits per heavy atom. The normalized spacial score (nSPS) is 18.1. The van der Waals surface area contributed by atoms with Crippen LogP contribution in [0.5, 0.6) is 0 Å². The average Bonchev–Trinajstić information content (AvgIpc) is 3.18. The highest BCUT2D eigenvalue weighted by molar-refractivity contribution is 7.90. The Kier molecular flexibility index (Phi) is 4.45. The van der Waals surface area contributed by atoms with Crippen LogP contribution in [0.1, 0.15) is 28.8 Å². The van der Waals surface area contributed by atoms with Crippen LogP contribution in [0.15, 0.2) is 41.6 Å². The fraction of sp³-hybridized carbons (Fsp3) is 0.412. The summed E-state index contributed by atoms with van der Waals surface area (Å²) < 4.78 is 25.6. The van der Waals surface area contributed by atoms with E-state index in [2.05, 4.69) is 5.10 Å². The third-order valence-electron chi connectivity index (χ3n) is 4.43. The molecule has 1 saturated heterocycles. The largest absolute Gasteiger partial charge is 0.334 e. The first-order valence-electron chi connectivity index (χ1n) is 7.95. The Morgan fingerprint density at radius 1 is 1.38 bits per heavy atom. The molecular weight excluding hydrogens is 326 g/mol. The number of hydrogen-bond acceptors (Lipinski definition) is 4. The number of carbonyl (C=O) groups is 1. The van der Waals surface area contributed by atoms with Crippen molar-refractivity contribution in [3.63, 3.8) is 0 Å². The topological polar surface area (TPSA) is 72.3 Å². The van der Waals surface area contributed by atoms with Gasteiger partial charge in [0.25, 0.3) is 5.91 Å². The molecule has 0 radical (unpaired) electrons. The van der Waals surface area contributed by atoms with Crippen LogP contribution >= 0.6 is 0 Å². The molecule has 24 heavy (non-hydrogen) atoms. The molecule has 1 unspecified atom stereocenters. The summed E-state index contributed by atoms with van der Waals surface area (Å²) in [4.78, 5) is 14.9. The molecule has 0 saturated carbocycles. The van der Waals surface area contributed by atoms with Crippen LogP contribution in [0.4, 0.5) is 0 Å². The second kappa shape index (κ2) is 6.39. The SMILES string of the molecule is Cc1ccc(C(=O)N2CCCC2Cn2cccn2)cc1S(C)(=O)=O. The molecule has 0 spiro atoms. The number of hydrogen-bond donors (Lipinski definition) is 0. The van der Waals surface area contributed by atoms with Crippen molar-refractivity contribution >= 4 is 15.7 Å². The van der Waals surface area contributed by atoms with Gasteiger partial charge >= 0.3 is 0 Å². The summed E-state index contributed by atoms with van der Waals surface area (Å²) in [5, 5.41) is 4.20. The molecular formula is C17H21N3O3S. The molecule has 3 rings (SSSR count). The van der Waals surface area contributed by atoms with Crippen molar-refractivity contribution in [2.24, 2.45) is 0 Å². The summed E-state index contributed by atoms with van der Waals surface area (Å²) in [5.41, 5.74) is 1.08. The summed E-state index contributed by atoms with van der Waals surface area (Å²) in [6, 6.07) is 6.84. The highest BCUT2D eigenvalue weighted by Crippen LogP contribution is 2.24. The number of rotatable bonds is 4. The average molecular weight is 347 g/mol. The minimum atomic E-state index is -3.35. The maximum atomic E-state index is 12.9. The van der Waals surface area contributed by atoms with Crippen LogP contribution in [-0.2, 0) is 16.4 Å². The molecule has 1 aliphatic rings. The van der Waals surface area contributed by atoms with E-state index < -0.39 is 9.84 Å². The van der Waals surface area contributed by atoms with E-state index in [1.54, 1.807) is 25.3 Å². The number of aromatic nitrogens is 2. The number of amides is 1. The molecule has 1 fully saturated rings. The highest BCUT2D eigenvalue weighted by Gasteiger charge is 2.30. The fourth-order valence-electron chi connectivity index (χ4n) is 3.22. The molecule has 1 aromatic heterocycles. The van der Waals surface area contributed by atoms with Crippen molar-refractivity contribution in [3.05, 3.63) is 47.8 Å². The van der Waals surface area contributed by atoms with Crippen molar-refractivity contribution < 1.29 is 13.2 Å². The van der Waals surface area contributed by atoms with Gasteiger partial charge in [-0.25, -0.2) is 8.42 Å². The Balaban J connectivity index is 1.85. The second-order valence-corrected chi connectivity index (χ2v) is 8.26. The molecule has 128 valence electrons. The van der Waals surface area contributed by atoms with Gasteiger partial charge in [0, 0.05) is 30.8 Å². The van der Waals surface area contributed by atoms with E-state index >= 15 is 0 Å².